The van der Waals surface area contributed by atoms with Gasteiger partial charge in [-0.05, 0) is 47.6 Å². The molecule has 2 aliphatic rings. The van der Waals surface area contributed by atoms with Crippen LogP contribution in [-0.2, 0) is 29.0 Å². The van der Waals surface area contributed by atoms with Crippen LogP contribution in [0.25, 0.3) is 0 Å². The third-order valence-electron chi connectivity index (χ3n) is 6.53. The SMILES string of the molecule is CC(C)c1nc(CN2CCOCC2)ccc1CC(C)c1ccnc(CN2CCOCC2)c1. The summed E-state index contributed by atoms with van der Waals surface area (Å²) in [5.74, 6) is 0.835. The van der Waals surface area contributed by atoms with Gasteiger partial charge in [0.25, 0.3) is 0 Å². The van der Waals surface area contributed by atoms with Gasteiger partial charge in [-0.2, -0.15) is 0 Å². The summed E-state index contributed by atoms with van der Waals surface area (Å²) in [5, 5.41) is 0. The molecule has 4 heterocycles. The number of rotatable bonds is 8. The zero-order chi connectivity index (χ0) is 22.3. The fraction of sp³-hybridized carbons (Fsp3) is 0.615. The molecule has 2 fully saturated rings. The van der Waals surface area contributed by atoms with Gasteiger partial charge in [0.2, 0.25) is 0 Å². The molecule has 0 aromatic carbocycles. The molecule has 0 aliphatic carbocycles. The first-order valence-electron chi connectivity index (χ1n) is 12.1. The van der Waals surface area contributed by atoms with Gasteiger partial charge in [-0.15, -0.1) is 0 Å². The topological polar surface area (TPSA) is 50.7 Å². The summed E-state index contributed by atoms with van der Waals surface area (Å²) in [6, 6.07) is 8.99. The summed E-state index contributed by atoms with van der Waals surface area (Å²) < 4.78 is 11.0. The molecule has 2 aliphatic heterocycles. The largest absolute Gasteiger partial charge is 0.379 e. The van der Waals surface area contributed by atoms with Crippen LogP contribution in [0.15, 0.2) is 30.5 Å². The zero-order valence-corrected chi connectivity index (χ0v) is 19.9. The minimum Gasteiger partial charge on any atom is -0.379 e. The van der Waals surface area contributed by atoms with E-state index in [0.29, 0.717) is 11.8 Å². The molecule has 0 spiro atoms. The number of nitrogens with zero attached hydrogens (tertiary/aromatic N) is 4. The first-order chi connectivity index (χ1) is 15.6. The molecule has 6 nitrogen and oxygen atoms in total. The van der Waals surface area contributed by atoms with Crippen molar-refractivity contribution in [3.05, 3.63) is 58.7 Å². The molecule has 32 heavy (non-hydrogen) atoms. The standard InChI is InChI=1S/C26H38N4O2/c1-20(2)26-23(4-5-24(28-26)18-29-8-12-31-13-9-29)16-21(3)22-6-7-27-25(17-22)19-30-10-14-32-15-11-30/h4-7,17,20-21H,8-16,18-19H2,1-3H3. The van der Waals surface area contributed by atoms with Crippen molar-refractivity contribution in [2.45, 2.75) is 52.1 Å². The zero-order valence-electron chi connectivity index (χ0n) is 19.9. The lowest BCUT2D eigenvalue weighted by atomic mass is 9.90. The van der Waals surface area contributed by atoms with Crippen molar-refractivity contribution >= 4 is 0 Å². The lowest BCUT2D eigenvalue weighted by molar-refractivity contribution is 0.0335. The fourth-order valence-electron chi connectivity index (χ4n) is 4.62. The number of ether oxygens (including phenoxy) is 2. The van der Waals surface area contributed by atoms with E-state index in [9.17, 15) is 0 Å². The molecule has 4 rings (SSSR count). The van der Waals surface area contributed by atoms with Gasteiger partial charge >= 0.3 is 0 Å². The van der Waals surface area contributed by atoms with Crippen molar-refractivity contribution in [2.75, 3.05) is 52.6 Å². The quantitative estimate of drug-likeness (QED) is 0.628. The first kappa shape index (κ1) is 23.3. The number of morpholine rings is 2. The van der Waals surface area contributed by atoms with Crippen LogP contribution < -0.4 is 0 Å². The van der Waals surface area contributed by atoms with Crippen molar-refractivity contribution in [1.29, 1.82) is 0 Å². The predicted octanol–water partition coefficient (Wildman–Crippen LogP) is 3.61. The van der Waals surface area contributed by atoms with Crippen LogP contribution in [0.5, 0.6) is 0 Å². The third kappa shape index (κ3) is 6.35. The van der Waals surface area contributed by atoms with E-state index in [2.05, 4.69) is 59.8 Å². The predicted molar refractivity (Wildman–Crippen MR) is 127 cm³/mol. The van der Waals surface area contributed by atoms with Crippen molar-refractivity contribution < 1.29 is 9.47 Å². The molecule has 2 aromatic heterocycles. The maximum atomic E-state index is 5.48. The van der Waals surface area contributed by atoms with E-state index in [-0.39, 0.29) is 0 Å². The Bertz CT molecular complexity index is 861. The summed E-state index contributed by atoms with van der Waals surface area (Å²) >= 11 is 0. The van der Waals surface area contributed by atoms with Crippen molar-refractivity contribution in [3.63, 3.8) is 0 Å². The van der Waals surface area contributed by atoms with Crippen LogP contribution in [0.1, 0.15) is 60.8 Å². The van der Waals surface area contributed by atoms with Crippen molar-refractivity contribution in [1.82, 2.24) is 19.8 Å². The van der Waals surface area contributed by atoms with E-state index in [4.69, 9.17) is 14.5 Å². The summed E-state index contributed by atoms with van der Waals surface area (Å²) in [6.07, 6.45) is 2.97. The summed E-state index contributed by atoms with van der Waals surface area (Å²) in [4.78, 5) is 14.6. The lowest BCUT2D eigenvalue weighted by Crippen LogP contribution is -2.36. The second-order valence-corrected chi connectivity index (χ2v) is 9.46. The minimum atomic E-state index is 0.413. The van der Waals surface area contributed by atoms with Crippen LogP contribution in [0.4, 0.5) is 0 Å². The van der Waals surface area contributed by atoms with Crippen LogP contribution >= 0.6 is 0 Å². The number of hydrogen-bond donors (Lipinski definition) is 0. The Balaban J connectivity index is 1.43. The molecule has 1 atom stereocenters. The van der Waals surface area contributed by atoms with Crippen LogP contribution in [0, 0.1) is 0 Å². The van der Waals surface area contributed by atoms with Gasteiger partial charge < -0.3 is 9.47 Å². The average Bonchev–Trinajstić information content (AvgIpc) is 2.81. The smallest absolute Gasteiger partial charge is 0.0594 e. The molecule has 2 saturated heterocycles. The highest BCUT2D eigenvalue weighted by molar-refractivity contribution is 5.29. The fourth-order valence-corrected chi connectivity index (χ4v) is 4.62. The highest BCUT2D eigenvalue weighted by Crippen LogP contribution is 2.26. The Hall–Kier alpha value is -1.86. The molecular formula is C26H38N4O2. The van der Waals surface area contributed by atoms with Crippen molar-refractivity contribution in [3.8, 4) is 0 Å². The molecule has 0 radical (unpaired) electrons. The summed E-state index contributed by atoms with van der Waals surface area (Å²) in [7, 11) is 0. The third-order valence-corrected chi connectivity index (χ3v) is 6.53. The Morgan fingerprint density at radius 3 is 2.09 bits per heavy atom. The van der Waals surface area contributed by atoms with Gasteiger partial charge in [-0.3, -0.25) is 19.8 Å². The van der Waals surface area contributed by atoms with E-state index < -0.39 is 0 Å². The van der Waals surface area contributed by atoms with Gasteiger partial charge in [0.05, 0.1) is 37.8 Å². The van der Waals surface area contributed by atoms with Gasteiger partial charge in [-0.1, -0.05) is 26.8 Å². The highest BCUT2D eigenvalue weighted by atomic mass is 16.5. The first-order valence-corrected chi connectivity index (χ1v) is 12.1. The Morgan fingerprint density at radius 2 is 1.47 bits per heavy atom. The molecule has 0 saturated carbocycles. The van der Waals surface area contributed by atoms with Gasteiger partial charge in [0.1, 0.15) is 0 Å². The highest BCUT2D eigenvalue weighted by Gasteiger charge is 2.17. The average molecular weight is 439 g/mol. The molecule has 1 unspecified atom stereocenters. The van der Waals surface area contributed by atoms with E-state index >= 15 is 0 Å². The van der Waals surface area contributed by atoms with E-state index in [0.717, 1.165) is 77.8 Å². The van der Waals surface area contributed by atoms with Crippen LogP contribution in [-0.4, -0.2) is 72.4 Å². The maximum Gasteiger partial charge on any atom is 0.0594 e. The van der Waals surface area contributed by atoms with Gasteiger partial charge in [-0.25, -0.2) is 0 Å². The Labute approximate surface area is 193 Å². The monoisotopic (exact) mass is 438 g/mol. The maximum absolute atomic E-state index is 5.48. The van der Waals surface area contributed by atoms with E-state index in [1.165, 1.54) is 22.5 Å². The summed E-state index contributed by atoms with van der Waals surface area (Å²) in [6.45, 7) is 15.9. The van der Waals surface area contributed by atoms with E-state index in [1.54, 1.807) is 0 Å². The van der Waals surface area contributed by atoms with Crippen LogP contribution in [0.3, 0.4) is 0 Å². The van der Waals surface area contributed by atoms with E-state index in [1.807, 2.05) is 6.20 Å². The number of aromatic nitrogens is 2. The molecule has 0 N–H and O–H groups in total. The van der Waals surface area contributed by atoms with Gasteiger partial charge in [0, 0.05) is 51.2 Å². The minimum absolute atomic E-state index is 0.413. The number of pyridine rings is 2. The molecule has 0 bridgehead atoms. The second-order valence-electron chi connectivity index (χ2n) is 9.46. The molecule has 2 aromatic rings. The van der Waals surface area contributed by atoms with Gasteiger partial charge in [0.15, 0.2) is 0 Å². The molecular weight excluding hydrogens is 400 g/mol. The summed E-state index contributed by atoms with van der Waals surface area (Å²) in [5.41, 5.74) is 6.29. The number of hydrogen-bond acceptors (Lipinski definition) is 6. The normalized spacial score (nSPS) is 19.4. The van der Waals surface area contributed by atoms with Crippen molar-refractivity contribution in [2.24, 2.45) is 0 Å². The Morgan fingerprint density at radius 1 is 0.844 bits per heavy atom. The molecule has 0 amide bonds. The second kappa shape index (κ2) is 11.3. The lowest BCUT2D eigenvalue weighted by Gasteiger charge is -2.27. The molecule has 6 heteroatoms. The Kier molecular flexibility index (Phi) is 8.25. The molecule has 174 valence electrons. The van der Waals surface area contributed by atoms with Crippen LogP contribution in [0.2, 0.25) is 0 Å².